The molecule has 0 unspecified atom stereocenters. The number of hydrogen-bond acceptors (Lipinski definition) is 3. The number of carbonyl (C=O) groups is 2. The fourth-order valence-electron chi connectivity index (χ4n) is 3.11. The Morgan fingerprint density at radius 2 is 2.36 bits per heavy atom. The molecule has 2 aliphatic rings. The molecule has 2 bridgehead atoms. The van der Waals surface area contributed by atoms with E-state index in [4.69, 9.17) is 4.74 Å². The molecule has 3 heteroatoms. The Hall–Kier alpha value is -0.700. The van der Waals surface area contributed by atoms with Crippen molar-refractivity contribution in [2.75, 3.05) is 0 Å². The van der Waals surface area contributed by atoms with Crippen LogP contribution in [-0.4, -0.2) is 23.8 Å². The van der Waals surface area contributed by atoms with Crippen molar-refractivity contribution in [2.45, 2.75) is 44.8 Å². The predicted molar refractivity (Wildman–Crippen MR) is 50.9 cm³/mol. The number of rotatable bonds is 3. The first-order valence-corrected chi connectivity index (χ1v) is 5.22. The first kappa shape index (κ1) is 9.84. The second kappa shape index (κ2) is 3.16. The van der Waals surface area contributed by atoms with Crippen LogP contribution in [0.1, 0.15) is 33.1 Å². The average Bonchev–Trinajstić information content (AvgIpc) is 2.58. The number of hydrogen-bond donors (Lipinski definition) is 0. The molecule has 3 nitrogen and oxygen atoms in total. The third-order valence-corrected chi connectivity index (χ3v) is 3.75. The number of aldehydes is 1. The van der Waals surface area contributed by atoms with Crippen LogP contribution in [0.5, 0.6) is 0 Å². The average molecular weight is 196 g/mol. The number of ketones is 1. The Kier molecular flexibility index (Phi) is 2.22. The summed E-state index contributed by atoms with van der Waals surface area (Å²) in [6, 6.07) is 0. The SMILES string of the molecule is C[C@H]1[C@@H]2CC[C@@](C)(O2)[C@H]1C(=O)CC=O. The first-order chi connectivity index (χ1) is 6.58. The molecule has 2 rings (SSSR count). The Bertz CT molecular complexity index is 274. The van der Waals surface area contributed by atoms with Gasteiger partial charge < -0.3 is 9.53 Å². The maximum Gasteiger partial charge on any atom is 0.146 e. The minimum absolute atomic E-state index is 0.0423. The molecule has 14 heavy (non-hydrogen) atoms. The van der Waals surface area contributed by atoms with Crippen molar-refractivity contribution in [1.82, 2.24) is 0 Å². The minimum atomic E-state index is -0.288. The van der Waals surface area contributed by atoms with Gasteiger partial charge in [0.1, 0.15) is 12.1 Å². The molecule has 0 spiro atoms. The summed E-state index contributed by atoms with van der Waals surface area (Å²) < 4.78 is 5.82. The van der Waals surface area contributed by atoms with Crippen molar-refractivity contribution in [3.8, 4) is 0 Å². The van der Waals surface area contributed by atoms with Crippen LogP contribution in [0.4, 0.5) is 0 Å². The molecule has 2 fully saturated rings. The predicted octanol–water partition coefficient (Wildman–Crippen LogP) is 1.35. The molecule has 2 saturated heterocycles. The van der Waals surface area contributed by atoms with Gasteiger partial charge in [0.2, 0.25) is 0 Å². The zero-order valence-electron chi connectivity index (χ0n) is 8.66. The summed E-state index contributed by atoms with van der Waals surface area (Å²) in [5.41, 5.74) is -0.288. The summed E-state index contributed by atoms with van der Waals surface area (Å²) in [6.07, 6.45) is 2.99. The number of ether oxygens (including phenoxy) is 1. The van der Waals surface area contributed by atoms with Crippen molar-refractivity contribution in [3.63, 3.8) is 0 Å². The topological polar surface area (TPSA) is 43.4 Å². The monoisotopic (exact) mass is 196 g/mol. The molecule has 0 aromatic heterocycles. The summed E-state index contributed by atoms with van der Waals surface area (Å²) in [5, 5.41) is 0. The highest BCUT2D eigenvalue weighted by atomic mass is 16.5. The summed E-state index contributed by atoms with van der Waals surface area (Å²) in [6.45, 7) is 4.06. The van der Waals surface area contributed by atoms with Crippen molar-refractivity contribution in [2.24, 2.45) is 11.8 Å². The van der Waals surface area contributed by atoms with Crippen LogP contribution < -0.4 is 0 Å². The van der Waals surface area contributed by atoms with Gasteiger partial charge in [-0.05, 0) is 25.7 Å². The van der Waals surface area contributed by atoms with Crippen molar-refractivity contribution >= 4 is 12.1 Å². The maximum absolute atomic E-state index is 11.7. The van der Waals surface area contributed by atoms with Gasteiger partial charge in [0.25, 0.3) is 0 Å². The maximum atomic E-state index is 11.7. The van der Waals surface area contributed by atoms with Crippen LogP contribution in [0.2, 0.25) is 0 Å². The fourth-order valence-corrected chi connectivity index (χ4v) is 3.11. The molecule has 0 aromatic rings. The van der Waals surface area contributed by atoms with Gasteiger partial charge in [0.15, 0.2) is 0 Å². The van der Waals surface area contributed by atoms with E-state index in [1.165, 1.54) is 0 Å². The van der Waals surface area contributed by atoms with E-state index in [9.17, 15) is 9.59 Å². The summed E-state index contributed by atoms with van der Waals surface area (Å²) >= 11 is 0. The Balaban J connectivity index is 2.19. The number of carbonyl (C=O) groups excluding carboxylic acids is 2. The molecule has 2 heterocycles. The van der Waals surface area contributed by atoms with Crippen LogP contribution in [0.3, 0.4) is 0 Å². The van der Waals surface area contributed by atoms with Crippen molar-refractivity contribution in [1.29, 1.82) is 0 Å². The van der Waals surface area contributed by atoms with Gasteiger partial charge in [-0.15, -0.1) is 0 Å². The van der Waals surface area contributed by atoms with E-state index in [0.29, 0.717) is 6.29 Å². The second-order valence-electron chi connectivity index (χ2n) is 4.68. The molecular formula is C11H16O3. The standard InChI is InChI=1S/C11H16O3/c1-7-9-3-5-11(2,14-9)10(7)8(13)4-6-12/h6-7,9-10H,3-5H2,1-2H3/t7-,9-,10+,11+/m0/s1. The van der Waals surface area contributed by atoms with E-state index in [2.05, 4.69) is 6.92 Å². The lowest BCUT2D eigenvalue weighted by molar-refractivity contribution is -0.130. The van der Waals surface area contributed by atoms with E-state index in [-0.39, 0.29) is 35.7 Å². The molecule has 0 aromatic carbocycles. The number of Topliss-reactive ketones (excluding diaryl/α,β-unsaturated/α-hetero) is 1. The normalized spacial score (nSPS) is 45.4. The highest BCUT2D eigenvalue weighted by molar-refractivity contribution is 5.92. The van der Waals surface area contributed by atoms with E-state index < -0.39 is 0 Å². The van der Waals surface area contributed by atoms with E-state index in [1.54, 1.807) is 0 Å². The highest BCUT2D eigenvalue weighted by Crippen LogP contribution is 2.51. The molecule has 0 radical (unpaired) electrons. The lowest BCUT2D eigenvalue weighted by Crippen LogP contribution is -2.39. The molecule has 0 N–H and O–H groups in total. The first-order valence-electron chi connectivity index (χ1n) is 5.22. The van der Waals surface area contributed by atoms with Crippen molar-refractivity contribution < 1.29 is 14.3 Å². The lowest BCUT2D eigenvalue weighted by atomic mass is 9.71. The molecule has 78 valence electrons. The van der Waals surface area contributed by atoms with E-state index in [1.807, 2.05) is 6.92 Å². The van der Waals surface area contributed by atoms with Gasteiger partial charge >= 0.3 is 0 Å². The zero-order valence-corrected chi connectivity index (χ0v) is 8.66. The molecule has 2 aliphatic heterocycles. The van der Waals surface area contributed by atoms with E-state index in [0.717, 1.165) is 12.8 Å². The largest absolute Gasteiger partial charge is 0.371 e. The van der Waals surface area contributed by atoms with E-state index >= 15 is 0 Å². The van der Waals surface area contributed by atoms with Gasteiger partial charge in [0, 0.05) is 0 Å². The second-order valence-corrected chi connectivity index (χ2v) is 4.68. The van der Waals surface area contributed by atoms with Crippen LogP contribution in [0.15, 0.2) is 0 Å². The summed E-state index contributed by atoms with van der Waals surface area (Å²) in [4.78, 5) is 22.1. The highest BCUT2D eigenvalue weighted by Gasteiger charge is 2.57. The molecule has 0 saturated carbocycles. The van der Waals surface area contributed by atoms with Crippen molar-refractivity contribution in [3.05, 3.63) is 0 Å². The molecule has 0 aliphatic carbocycles. The molecule has 4 atom stereocenters. The van der Waals surface area contributed by atoms with Crippen LogP contribution in [-0.2, 0) is 14.3 Å². The Labute approximate surface area is 83.8 Å². The van der Waals surface area contributed by atoms with Gasteiger partial charge in [-0.3, -0.25) is 4.79 Å². The van der Waals surface area contributed by atoms with Gasteiger partial charge in [-0.25, -0.2) is 0 Å². The minimum Gasteiger partial charge on any atom is -0.371 e. The quantitative estimate of drug-likeness (QED) is 0.505. The van der Waals surface area contributed by atoms with Gasteiger partial charge in [-0.2, -0.15) is 0 Å². The zero-order chi connectivity index (χ0) is 10.3. The third-order valence-electron chi connectivity index (χ3n) is 3.75. The smallest absolute Gasteiger partial charge is 0.146 e. The molecular weight excluding hydrogens is 180 g/mol. The summed E-state index contributed by atoms with van der Waals surface area (Å²) in [7, 11) is 0. The van der Waals surface area contributed by atoms with Crippen LogP contribution in [0.25, 0.3) is 0 Å². The molecule has 0 amide bonds. The van der Waals surface area contributed by atoms with Gasteiger partial charge in [0.05, 0.1) is 24.0 Å². The Morgan fingerprint density at radius 1 is 1.64 bits per heavy atom. The van der Waals surface area contributed by atoms with Crippen LogP contribution in [0, 0.1) is 11.8 Å². The number of fused-ring (bicyclic) bond motifs is 2. The van der Waals surface area contributed by atoms with Gasteiger partial charge in [-0.1, -0.05) is 6.92 Å². The fraction of sp³-hybridized carbons (Fsp3) is 0.818. The Morgan fingerprint density at radius 3 is 2.86 bits per heavy atom. The van der Waals surface area contributed by atoms with Crippen LogP contribution >= 0.6 is 0 Å². The summed E-state index contributed by atoms with van der Waals surface area (Å²) in [5.74, 6) is 0.268. The third kappa shape index (κ3) is 1.22. The lowest BCUT2D eigenvalue weighted by Gasteiger charge is -2.30.